The number of alkyl carbamates (subject to hydrolysis) is 1. The molecule has 0 aliphatic rings. The van der Waals surface area contributed by atoms with E-state index in [1.807, 2.05) is 0 Å². The summed E-state index contributed by atoms with van der Waals surface area (Å²) in [5.74, 6) is -1.59. The van der Waals surface area contributed by atoms with Crippen LogP contribution in [0.2, 0.25) is 0 Å². The lowest BCUT2D eigenvalue weighted by atomic mass is 10.1. The number of carbonyl (C=O) groups excluding carboxylic acids is 1. The maximum absolute atomic E-state index is 11.4. The van der Waals surface area contributed by atoms with Crippen molar-refractivity contribution in [3.8, 4) is 0 Å². The lowest BCUT2D eigenvalue weighted by molar-refractivity contribution is -0.144. The van der Waals surface area contributed by atoms with Crippen molar-refractivity contribution in [1.29, 1.82) is 0 Å². The first-order valence-corrected chi connectivity index (χ1v) is 7.86. The van der Waals surface area contributed by atoms with Gasteiger partial charge in [-0.3, -0.25) is 14.9 Å². The van der Waals surface area contributed by atoms with Crippen molar-refractivity contribution >= 4 is 29.8 Å². The standard InChI is InChI=1S/C13H24N2O6S/c1-12(2,3)21-11(20)14-5-6-22-8-13(4,10(18)19)15-7-9(16)17/h15H,5-8H2,1-4H3,(H,14,20)(H,16,17)(H,18,19)/t13-/m0/s1. The van der Waals surface area contributed by atoms with Gasteiger partial charge in [-0.05, 0) is 27.7 Å². The first-order chi connectivity index (χ1) is 9.96. The van der Waals surface area contributed by atoms with E-state index in [1.54, 1.807) is 20.8 Å². The van der Waals surface area contributed by atoms with Crippen molar-refractivity contribution in [2.45, 2.75) is 38.8 Å². The summed E-state index contributed by atoms with van der Waals surface area (Å²) < 4.78 is 5.06. The van der Waals surface area contributed by atoms with Crippen LogP contribution in [0.15, 0.2) is 0 Å². The normalized spacial score (nSPS) is 14.0. The van der Waals surface area contributed by atoms with Gasteiger partial charge in [0.1, 0.15) is 11.1 Å². The summed E-state index contributed by atoms with van der Waals surface area (Å²) in [6.07, 6.45) is -0.530. The Morgan fingerprint density at radius 1 is 1.14 bits per heavy atom. The zero-order chi connectivity index (χ0) is 17.4. The number of carboxylic acid groups (broad SMARTS) is 2. The first-order valence-electron chi connectivity index (χ1n) is 6.71. The molecule has 0 spiro atoms. The molecule has 22 heavy (non-hydrogen) atoms. The summed E-state index contributed by atoms with van der Waals surface area (Å²) in [5, 5.41) is 22.8. The number of carbonyl (C=O) groups is 3. The topological polar surface area (TPSA) is 125 Å². The Labute approximate surface area is 134 Å². The highest BCUT2D eigenvalue weighted by Gasteiger charge is 2.33. The Morgan fingerprint density at radius 3 is 2.18 bits per heavy atom. The van der Waals surface area contributed by atoms with Crippen molar-refractivity contribution in [1.82, 2.24) is 10.6 Å². The number of amides is 1. The predicted molar refractivity (Wildman–Crippen MR) is 83.2 cm³/mol. The minimum atomic E-state index is -1.34. The van der Waals surface area contributed by atoms with E-state index in [0.29, 0.717) is 12.3 Å². The molecule has 128 valence electrons. The minimum Gasteiger partial charge on any atom is -0.480 e. The molecule has 1 atom stereocenters. The Kier molecular flexibility index (Phi) is 8.25. The van der Waals surface area contributed by atoms with Crippen LogP contribution in [0.4, 0.5) is 4.79 Å². The number of nitrogens with one attached hydrogen (secondary N) is 2. The number of aliphatic carboxylic acids is 2. The zero-order valence-corrected chi connectivity index (χ0v) is 14.1. The summed E-state index contributed by atoms with van der Waals surface area (Å²) in [4.78, 5) is 33.1. The second-order valence-corrected chi connectivity index (χ2v) is 6.97. The smallest absolute Gasteiger partial charge is 0.407 e. The number of hydrogen-bond donors (Lipinski definition) is 4. The van der Waals surface area contributed by atoms with E-state index in [1.165, 1.54) is 18.7 Å². The molecule has 0 unspecified atom stereocenters. The molecular weight excluding hydrogens is 312 g/mol. The fraction of sp³-hybridized carbons (Fsp3) is 0.769. The molecule has 0 rings (SSSR count). The van der Waals surface area contributed by atoms with E-state index in [0.717, 1.165) is 0 Å². The molecule has 0 heterocycles. The van der Waals surface area contributed by atoms with Crippen LogP contribution in [0, 0.1) is 0 Å². The molecule has 8 nitrogen and oxygen atoms in total. The molecule has 4 N–H and O–H groups in total. The van der Waals surface area contributed by atoms with Gasteiger partial charge in [-0.1, -0.05) is 0 Å². The van der Waals surface area contributed by atoms with E-state index in [9.17, 15) is 14.4 Å². The van der Waals surface area contributed by atoms with Gasteiger partial charge in [0.15, 0.2) is 0 Å². The van der Waals surface area contributed by atoms with Gasteiger partial charge in [0.05, 0.1) is 6.54 Å². The number of rotatable bonds is 9. The average Bonchev–Trinajstić information content (AvgIpc) is 2.33. The quantitative estimate of drug-likeness (QED) is 0.455. The van der Waals surface area contributed by atoms with Gasteiger partial charge in [-0.15, -0.1) is 0 Å². The highest BCUT2D eigenvalue weighted by atomic mass is 32.2. The van der Waals surface area contributed by atoms with Gasteiger partial charge in [-0.25, -0.2) is 4.79 Å². The zero-order valence-electron chi connectivity index (χ0n) is 13.3. The van der Waals surface area contributed by atoms with Crippen LogP contribution in [-0.2, 0) is 14.3 Å². The lowest BCUT2D eigenvalue weighted by Gasteiger charge is -2.25. The first kappa shape index (κ1) is 20.5. The van der Waals surface area contributed by atoms with Crippen molar-refractivity contribution in [3.63, 3.8) is 0 Å². The lowest BCUT2D eigenvalue weighted by Crippen LogP contribution is -2.53. The van der Waals surface area contributed by atoms with Crippen LogP contribution in [0.3, 0.4) is 0 Å². The Hall–Kier alpha value is -1.48. The largest absolute Gasteiger partial charge is 0.480 e. The highest BCUT2D eigenvalue weighted by Crippen LogP contribution is 2.13. The summed E-state index contributed by atoms with van der Waals surface area (Å²) in [6, 6.07) is 0. The molecule has 0 saturated heterocycles. The van der Waals surface area contributed by atoms with Crippen LogP contribution >= 0.6 is 11.8 Å². The minimum absolute atomic E-state index is 0.172. The van der Waals surface area contributed by atoms with Crippen molar-refractivity contribution in [3.05, 3.63) is 0 Å². The van der Waals surface area contributed by atoms with Crippen molar-refractivity contribution in [2.75, 3.05) is 24.6 Å². The molecule has 0 aliphatic carbocycles. The van der Waals surface area contributed by atoms with Crippen LogP contribution in [0.1, 0.15) is 27.7 Å². The van der Waals surface area contributed by atoms with E-state index < -0.39 is 35.7 Å². The summed E-state index contributed by atoms with van der Waals surface area (Å²) in [5.41, 5.74) is -1.91. The van der Waals surface area contributed by atoms with Crippen LogP contribution in [-0.4, -0.2) is 64.0 Å². The fourth-order valence-corrected chi connectivity index (χ4v) is 2.30. The number of hydrogen-bond acceptors (Lipinski definition) is 6. The molecule has 0 fully saturated rings. The molecule has 0 aromatic rings. The number of ether oxygens (including phenoxy) is 1. The monoisotopic (exact) mass is 336 g/mol. The molecule has 0 aromatic carbocycles. The molecule has 9 heteroatoms. The van der Waals surface area contributed by atoms with Crippen LogP contribution in [0.5, 0.6) is 0 Å². The van der Waals surface area contributed by atoms with Gasteiger partial charge in [0.25, 0.3) is 0 Å². The highest BCUT2D eigenvalue weighted by molar-refractivity contribution is 7.99. The number of carboxylic acids is 2. The Bertz CT molecular complexity index is 410. The average molecular weight is 336 g/mol. The molecule has 0 bridgehead atoms. The summed E-state index contributed by atoms with van der Waals surface area (Å²) in [6.45, 7) is 6.59. The summed E-state index contributed by atoms with van der Waals surface area (Å²) in [7, 11) is 0. The van der Waals surface area contributed by atoms with Crippen molar-refractivity contribution < 1.29 is 29.3 Å². The molecule has 0 radical (unpaired) electrons. The Morgan fingerprint density at radius 2 is 1.73 bits per heavy atom. The van der Waals surface area contributed by atoms with Crippen LogP contribution < -0.4 is 10.6 Å². The predicted octanol–water partition coefficient (Wildman–Crippen LogP) is 0.762. The SMILES string of the molecule is CC(C)(C)OC(=O)NCCSC[C@](C)(NCC(=O)O)C(=O)O. The summed E-state index contributed by atoms with van der Waals surface area (Å²) >= 11 is 1.29. The molecule has 1 amide bonds. The van der Waals surface area contributed by atoms with Gasteiger partial charge in [-0.2, -0.15) is 11.8 Å². The van der Waals surface area contributed by atoms with E-state index in [-0.39, 0.29) is 5.75 Å². The van der Waals surface area contributed by atoms with Gasteiger partial charge < -0.3 is 20.3 Å². The van der Waals surface area contributed by atoms with Gasteiger partial charge in [0.2, 0.25) is 0 Å². The number of thioether (sulfide) groups is 1. The molecule has 0 aliphatic heterocycles. The second kappa shape index (κ2) is 8.84. The van der Waals surface area contributed by atoms with Crippen LogP contribution in [0.25, 0.3) is 0 Å². The molecule has 0 aromatic heterocycles. The van der Waals surface area contributed by atoms with E-state index in [4.69, 9.17) is 14.9 Å². The Balaban J connectivity index is 4.07. The van der Waals surface area contributed by atoms with E-state index >= 15 is 0 Å². The molecule has 0 saturated carbocycles. The maximum atomic E-state index is 11.4. The van der Waals surface area contributed by atoms with Gasteiger partial charge in [0, 0.05) is 18.1 Å². The second-order valence-electron chi connectivity index (χ2n) is 5.87. The molecular formula is C13H24N2O6S. The third-order valence-electron chi connectivity index (χ3n) is 2.41. The van der Waals surface area contributed by atoms with Crippen molar-refractivity contribution in [2.24, 2.45) is 0 Å². The third-order valence-corrected chi connectivity index (χ3v) is 3.68. The van der Waals surface area contributed by atoms with Gasteiger partial charge >= 0.3 is 18.0 Å². The maximum Gasteiger partial charge on any atom is 0.407 e. The third kappa shape index (κ3) is 9.46. The van der Waals surface area contributed by atoms with E-state index in [2.05, 4.69) is 10.6 Å². The fourth-order valence-electron chi connectivity index (χ4n) is 1.27.